The van der Waals surface area contributed by atoms with Gasteiger partial charge in [-0.25, -0.2) is 0 Å². The Morgan fingerprint density at radius 3 is 2.46 bits per heavy atom. The summed E-state index contributed by atoms with van der Waals surface area (Å²) < 4.78 is 0. The topological polar surface area (TPSA) is 73.7 Å². The molecule has 1 aromatic heterocycles. The fourth-order valence-corrected chi connectivity index (χ4v) is 3.27. The highest BCUT2D eigenvalue weighted by Gasteiger charge is 2.20. The van der Waals surface area contributed by atoms with E-state index in [0.29, 0.717) is 24.3 Å². The number of aromatic nitrogens is 1. The molecule has 0 unspecified atom stereocenters. The van der Waals surface area contributed by atoms with Gasteiger partial charge in [-0.2, -0.15) is 0 Å². The molecule has 134 valence electrons. The maximum absolute atomic E-state index is 11.5. The van der Waals surface area contributed by atoms with Crippen LogP contribution in [0.5, 0.6) is 0 Å². The molecule has 0 aliphatic heterocycles. The molecule has 0 saturated carbocycles. The molecule has 0 amide bonds. The zero-order valence-corrected chi connectivity index (χ0v) is 14.7. The number of aliphatic hydroxyl groups is 1. The molecule has 5 heteroatoms. The Hall–Kier alpha value is -2.92. The van der Waals surface area contributed by atoms with Crippen LogP contribution < -0.4 is 4.90 Å². The van der Waals surface area contributed by atoms with Crippen LogP contribution in [-0.2, 0) is 17.8 Å². The first-order chi connectivity index (χ1) is 12.6. The summed E-state index contributed by atoms with van der Waals surface area (Å²) in [4.78, 5) is 18.1. The molecule has 0 aliphatic carbocycles. The van der Waals surface area contributed by atoms with Crippen molar-refractivity contribution in [2.45, 2.75) is 19.9 Å². The lowest BCUT2D eigenvalue weighted by Gasteiger charge is -2.28. The fraction of sp³-hybridized carbons (Fsp3) is 0.238. The van der Waals surface area contributed by atoms with Gasteiger partial charge < -0.3 is 15.1 Å². The standard InChI is InChI=1S/C21H22N2O3/c1-15-18(13-20(25)26)21(17-9-5-6-10-19(17)22-15)23(11-12-24)14-16-7-3-2-4-8-16/h2-10,24H,11-14H2,1H3,(H,25,26). The average molecular weight is 350 g/mol. The minimum absolute atomic E-state index is 0.0188. The number of rotatable bonds is 7. The largest absolute Gasteiger partial charge is 0.481 e. The van der Waals surface area contributed by atoms with E-state index < -0.39 is 5.97 Å². The van der Waals surface area contributed by atoms with E-state index in [9.17, 15) is 15.0 Å². The van der Waals surface area contributed by atoms with Crippen LogP contribution in [0.2, 0.25) is 0 Å². The van der Waals surface area contributed by atoms with E-state index in [-0.39, 0.29) is 13.0 Å². The van der Waals surface area contributed by atoms with Crippen molar-refractivity contribution in [1.82, 2.24) is 4.98 Å². The number of fused-ring (bicyclic) bond motifs is 1. The molecule has 0 atom stereocenters. The molecule has 2 aromatic carbocycles. The first-order valence-electron chi connectivity index (χ1n) is 8.60. The van der Waals surface area contributed by atoms with E-state index in [0.717, 1.165) is 22.2 Å². The second-order valence-electron chi connectivity index (χ2n) is 6.24. The Labute approximate surface area is 152 Å². The van der Waals surface area contributed by atoms with Crippen molar-refractivity contribution in [3.8, 4) is 0 Å². The lowest BCUT2D eigenvalue weighted by atomic mass is 10.0. The monoisotopic (exact) mass is 350 g/mol. The van der Waals surface area contributed by atoms with Crippen LogP contribution in [0.25, 0.3) is 10.9 Å². The van der Waals surface area contributed by atoms with Crippen LogP contribution >= 0.6 is 0 Å². The van der Waals surface area contributed by atoms with E-state index in [1.165, 1.54) is 0 Å². The van der Waals surface area contributed by atoms with Crippen LogP contribution in [-0.4, -0.2) is 34.3 Å². The predicted octanol–water partition coefficient (Wildman–Crippen LogP) is 3.17. The second kappa shape index (κ2) is 7.97. The van der Waals surface area contributed by atoms with Gasteiger partial charge in [0, 0.05) is 29.7 Å². The number of aliphatic hydroxyl groups excluding tert-OH is 1. The van der Waals surface area contributed by atoms with Gasteiger partial charge in [0.05, 0.1) is 24.2 Å². The highest BCUT2D eigenvalue weighted by Crippen LogP contribution is 2.33. The van der Waals surface area contributed by atoms with Gasteiger partial charge in [0.25, 0.3) is 0 Å². The van der Waals surface area contributed by atoms with Crippen molar-refractivity contribution in [3.05, 3.63) is 71.4 Å². The van der Waals surface area contributed by atoms with Gasteiger partial charge in [-0.3, -0.25) is 9.78 Å². The van der Waals surface area contributed by atoms with Crippen LogP contribution in [0.4, 0.5) is 5.69 Å². The molecule has 0 radical (unpaired) electrons. The van der Waals surface area contributed by atoms with Crippen LogP contribution in [0.1, 0.15) is 16.8 Å². The molecule has 0 bridgehead atoms. The summed E-state index contributed by atoms with van der Waals surface area (Å²) in [5.41, 5.74) is 4.16. The molecule has 3 aromatic rings. The minimum atomic E-state index is -0.893. The van der Waals surface area contributed by atoms with E-state index in [2.05, 4.69) is 4.98 Å². The van der Waals surface area contributed by atoms with Gasteiger partial charge in [0.1, 0.15) is 0 Å². The summed E-state index contributed by atoms with van der Waals surface area (Å²) in [5, 5.41) is 19.9. The zero-order valence-electron chi connectivity index (χ0n) is 14.7. The number of benzene rings is 2. The van der Waals surface area contributed by atoms with Gasteiger partial charge in [-0.1, -0.05) is 48.5 Å². The van der Waals surface area contributed by atoms with E-state index in [1.54, 1.807) is 0 Å². The molecule has 0 fully saturated rings. The Balaban J connectivity index is 2.18. The number of carboxylic acid groups (broad SMARTS) is 1. The highest BCUT2D eigenvalue weighted by atomic mass is 16.4. The van der Waals surface area contributed by atoms with Gasteiger partial charge >= 0.3 is 5.97 Å². The van der Waals surface area contributed by atoms with Crippen molar-refractivity contribution < 1.29 is 15.0 Å². The quantitative estimate of drug-likeness (QED) is 0.685. The molecular formula is C21H22N2O3. The lowest BCUT2D eigenvalue weighted by Crippen LogP contribution is -2.28. The maximum Gasteiger partial charge on any atom is 0.307 e. The van der Waals surface area contributed by atoms with Gasteiger partial charge in [0.15, 0.2) is 0 Å². The number of para-hydroxylation sites is 1. The van der Waals surface area contributed by atoms with Crippen molar-refractivity contribution in [3.63, 3.8) is 0 Å². The van der Waals surface area contributed by atoms with Crippen LogP contribution in [0.3, 0.4) is 0 Å². The first kappa shape index (κ1) is 17.9. The molecule has 0 aliphatic rings. The third-order valence-corrected chi connectivity index (χ3v) is 4.40. The number of carbonyl (C=O) groups is 1. The highest BCUT2D eigenvalue weighted by molar-refractivity contribution is 5.95. The Kier molecular flexibility index (Phi) is 5.49. The number of pyridine rings is 1. The Morgan fingerprint density at radius 2 is 1.77 bits per heavy atom. The SMILES string of the molecule is Cc1nc2ccccc2c(N(CCO)Cc2ccccc2)c1CC(=O)O. The normalized spacial score (nSPS) is 10.8. The van der Waals surface area contributed by atoms with E-state index in [4.69, 9.17) is 0 Å². The molecule has 1 heterocycles. The number of hydrogen-bond donors (Lipinski definition) is 2. The molecule has 2 N–H and O–H groups in total. The minimum Gasteiger partial charge on any atom is -0.481 e. The molecule has 3 rings (SSSR count). The molecule has 26 heavy (non-hydrogen) atoms. The number of anilines is 1. The van der Waals surface area contributed by atoms with Crippen molar-refractivity contribution in [2.24, 2.45) is 0 Å². The average Bonchev–Trinajstić information content (AvgIpc) is 2.62. The van der Waals surface area contributed by atoms with Gasteiger partial charge in [-0.15, -0.1) is 0 Å². The predicted molar refractivity (Wildman–Crippen MR) is 102 cm³/mol. The fourth-order valence-electron chi connectivity index (χ4n) is 3.27. The van der Waals surface area contributed by atoms with Crippen molar-refractivity contribution >= 4 is 22.6 Å². The second-order valence-corrected chi connectivity index (χ2v) is 6.24. The number of hydrogen-bond acceptors (Lipinski definition) is 4. The summed E-state index contributed by atoms with van der Waals surface area (Å²) in [6.07, 6.45) is -0.101. The van der Waals surface area contributed by atoms with Crippen molar-refractivity contribution in [1.29, 1.82) is 0 Å². The van der Waals surface area contributed by atoms with Gasteiger partial charge in [0.2, 0.25) is 0 Å². The molecular weight excluding hydrogens is 328 g/mol. The number of nitrogens with zero attached hydrogens (tertiary/aromatic N) is 2. The summed E-state index contributed by atoms with van der Waals surface area (Å²) >= 11 is 0. The third kappa shape index (κ3) is 3.83. The zero-order chi connectivity index (χ0) is 18.5. The van der Waals surface area contributed by atoms with E-state index in [1.807, 2.05) is 66.4 Å². The molecule has 0 spiro atoms. The third-order valence-electron chi connectivity index (χ3n) is 4.40. The molecule has 0 saturated heterocycles. The smallest absolute Gasteiger partial charge is 0.307 e. The number of carboxylic acids is 1. The summed E-state index contributed by atoms with van der Waals surface area (Å²) in [6, 6.07) is 17.7. The van der Waals surface area contributed by atoms with E-state index >= 15 is 0 Å². The lowest BCUT2D eigenvalue weighted by molar-refractivity contribution is -0.136. The maximum atomic E-state index is 11.5. The molecule has 5 nitrogen and oxygen atoms in total. The first-order valence-corrected chi connectivity index (χ1v) is 8.60. The number of aryl methyl sites for hydroxylation is 1. The van der Waals surface area contributed by atoms with Gasteiger partial charge in [-0.05, 0) is 18.6 Å². The summed E-state index contributed by atoms with van der Waals surface area (Å²) in [7, 11) is 0. The number of aliphatic carboxylic acids is 1. The van der Waals surface area contributed by atoms with Crippen LogP contribution in [0.15, 0.2) is 54.6 Å². The Bertz CT molecular complexity index is 910. The van der Waals surface area contributed by atoms with Crippen molar-refractivity contribution in [2.75, 3.05) is 18.1 Å². The summed E-state index contributed by atoms with van der Waals surface area (Å²) in [6.45, 7) is 2.82. The Morgan fingerprint density at radius 1 is 1.08 bits per heavy atom. The summed E-state index contributed by atoms with van der Waals surface area (Å²) in [5.74, 6) is -0.893. The van der Waals surface area contributed by atoms with Crippen LogP contribution in [0, 0.1) is 6.92 Å².